The van der Waals surface area contributed by atoms with Gasteiger partial charge in [-0.1, -0.05) is 12.1 Å². The Morgan fingerprint density at radius 3 is 2.55 bits per heavy atom. The van der Waals surface area contributed by atoms with Gasteiger partial charge in [-0.25, -0.2) is 4.98 Å². The van der Waals surface area contributed by atoms with E-state index in [0.29, 0.717) is 0 Å². The minimum Gasteiger partial charge on any atom is -0.345 e. The van der Waals surface area contributed by atoms with Crippen LogP contribution in [0.3, 0.4) is 0 Å². The van der Waals surface area contributed by atoms with Crippen molar-refractivity contribution in [3.8, 4) is 11.3 Å². The van der Waals surface area contributed by atoms with Gasteiger partial charge in [-0.2, -0.15) is 0 Å². The minimum atomic E-state index is 0.187. The van der Waals surface area contributed by atoms with Gasteiger partial charge in [0.05, 0.1) is 18.2 Å². The predicted molar refractivity (Wildman–Crippen MR) is 77.0 cm³/mol. The highest BCUT2D eigenvalue weighted by molar-refractivity contribution is 5.93. The van der Waals surface area contributed by atoms with Gasteiger partial charge in [0.1, 0.15) is 0 Å². The van der Waals surface area contributed by atoms with E-state index in [4.69, 9.17) is 0 Å². The first-order valence-corrected chi connectivity index (χ1v) is 7.19. The second kappa shape index (κ2) is 4.47. The zero-order valence-electron chi connectivity index (χ0n) is 11.2. The van der Waals surface area contributed by atoms with Gasteiger partial charge in [0, 0.05) is 11.6 Å². The fraction of sp³-hybridized carbons (Fsp3) is 0.375. The lowest BCUT2D eigenvalue weighted by Gasteiger charge is -2.12. The number of fused-ring (bicyclic) bond motifs is 1. The number of carbonyl (C=O) groups is 1. The number of imidazole rings is 1. The standard InChI is InChI=1S/C16H17N3O/c20-16(13-6-11-5-12(11)7-13)19-14-3-1-10(2-4-14)15-8-17-9-18-15/h1-4,8-9,11-13H,5-7H2,(H,17,18)(H,19,20). The second-order valence-electron chi connectivity index (χ2n) is 5.96. The number of nitrogens with zero attached hydrogens (tertiary/aromatic N) is 1. The van der Waals surface area contributed by atoms with Crippen LogP contribution in [0.1, 0.15) is 19.3 Å². The average Bonchev–Trinajstić information content (AvgIpc) is 2.92. The highest BCUT2D eigenvalue weighted by atomic mass is 16.1. The Hall–Kier alpha value is -2.10. The molecule has 1 aromatic carbocycles. The van der Waals surface area contributed by atoms with Crippen LogP contribution in [0, 0.1) is 17.8 Å². The number of benzene rings is 1. The van der Waals surface area contributed by atoms with Crippen molar-refractivity contribution in [3.05, 3.63) is 36.8 Å². The molecule has 0 bridgehead atoms. The molecule has 1 heterocycles. The van der Waals surface area contributed by atoms with Crippen molar-refractivity contribution in [2.75, 3.05) is 5.32 Å². The molecule has 2 fully saturated rings. The number of H-pyrrole nitrogens is 1. The highest BCUT2D eigenvalue weighted by Crippen LogP contribution is 2.54. The van der Waals surface area contributed by atoms with Crippen molar-refractivity contribution in [2.24, 2.45) is 17.8 Å². The first-order valence-electron chi connectivity index (χ1n) is 7.19. The van der Waals surface area contributed by atoms with Gasteiger partial charge < -0.3 is 10.3 Å². The Balaban J connectivity index is 1.42. The summed E-state index contributed by atoms with van der Waals surface area (Å²) in [6.45, 7) is 0. The topological polar surface area (TPSA) is 57.8 Å². The van der Waals surface area contributed by atoms with Crippen molar-refractivity contribution < 1.29 is 4.79 Å². The summed E-state index contributed by atoms with van der Waals surface area (Å²) in [5, 5.41) is 3.03. The Morgan fingerprint density at radius 1 is 1.15 bits per heavy atom. The number of hydrogen-bond acceptors (Lipinski definition) is 2. The molecule has 2 aromatic rings. The molecule has 2 saturated carbocycles. The largest absolute Gasteiger partial charge is 0.345 e. The van der Waals surface area contributed by atoms with Crippen LogP contribution in [0.4, 0.5) is 5.69 Å². The summed E-state index contributed by atoms with van der Waals surface area (Å²) in [5.74, 6) is 2.10. The first-order chi connectivity index (χ1) is 9.79. The van der Waals surface area contributed by atoms with Gasteiger partial charge in [-0.05, 0) is 48.8 Å². The Kier molecular flexibility index (Phi) is 2.62. The van der Waals surface area contributed by atoms with Crippen LogP contribution in [-0.4, -0.2) is 15.9 Å². The lowest BCUT2D eigenvalue weighted by atomic mass is 10.0. The Morgan fingerprint density at radius 2 is 1.90 bits per heavy atom. The van der Waals surface area contributed by atoms with Gasteiger partial charge in [0.2, 0.25) is 5.91 Å². The van der Waals surface area contributed by atoms with Crippen LogP contribution in [0.2, 0.25) is 0 Å². The van der Waals surface area contributed by atoms with Gasteiger partial charge in [0.25, 0.3) is 0 Å². The van der Waals surface area contributed by atoms with Crippen LogP contribution in [-0.2, 0) is 4.79 Å². The third kappa shape index (κ3) is 2.11. The van der Waals surface area contributed by atoms with Gasteiger partial charge in [-0.3, -0.25) is 4.79 Å². The van der Waals surface area contributed by atoms with Crippen LogP contribution in [0.5, 0.6) is 0 Å². The molecule has 0 aliphatic heterocycles. The Labute approximate surface area is 117 Å². The SMILES string of the molecule is O=C(Nc1ccc(-c2cnc[nH]2)cc1)C1CC2CC2C1. The summed E-state index contributed by atoms with van der Waals surface area (Å²) in [4.78, 5) is 19.2. The van der Waals surface area contributed by atoms with Crippen molar-refractivity contribution in [2.45, 2.75) is 19.3 Å². The molecular formula is C16H17N3O. The average molecular weight is 267 g/mol. The van der Waals surface area contributed by atoms with Gasteiger partial charge >= 0.3 is 0 Å². The molecule has 2 atom stereocenters. The minimum absolute atomic E-state index is 0.187. The maximum atomic E-state index is 12.2. The molecule has 0 radical (unpaired) electrons. The fourth-order valence-corrected chi connectivity index (χ4v) is 3.32. The van der Waals surface area contributed by atoms with E-state index in [0.717, 1.165) is 41.6 Å². The molecule has 0 saturated heterocycles. The van der Waals surface area contributed by atoms with Crippen molar-refractivity contribution >= 4 is 11.6 Å². The maximum Gasteiger partial charge on any atom is 0.227 e. The number of nitrogens with one attached hydrogen (secondary N) is 2. The predicted octanol–water partition coefficient (Wildman–Crippen LogP) is 3.06. The highest BCUT2D eigenvalue weighted by Gasteiger charge is 2.47. The molecule has 1 amide bonds. The fourth-order valence-electron chi connectivity index (χ4n) is 3.32. The van der Waals surface area contributed by atoms with E-state index in [1.807, 2.05) is 24.3 Å². The number of rotatable bonds is 3. The number of aromatic amines is 1. The lowest BCUT2D eigenvalue weighted by molar-refractivity contribution is -0.120. The number of anilines is 1. The lowest BCUT2D eigenvalue weighted by Crippen LogP contribution is -2.21. The van der Waals surface area contributed by atoms with Gasteiger partial charge in [-0.15, -0.1) is 0 Å². The molecule has 2 unspecified atom stereocenters. The summed E-state index contributed by atoms with van der Waals surface area (Å²) in [6.07, 6.45) is 6.98. The summed E-state index contributed by atoms with van der Waals surface area (Å²) in [7, 11) is 0. The normalized spacial score (nSPS) is 27.1. The molecule has 0 spiro atoms. The first kappa shape index (κ1) is 11.7. The van der Waals surface area contributed by atoms with Crippen LogP contribution in [0.25, 0.3) is 11.3 Å². The third-order valence-corrected chi connectivity index (χ3v) is 4.58. The number of amides is 1. The molecule has 2 aliphatic carbocycles. The number of hydrogen-bond donors (Lipinski definition) is 2. The zero-order chi connectivity index (χ0) is 13.5. The Bertz CT molecular complexity index is 608. The molecule has 4 rings (SSSR count). The van der Waals surface area contributed by atoms with Gasteiger partial charge in [0.15, 0.2) is 0 Å². The summed E-state index contributed by atoms with van der Waals surface area (Å²) in [6, 6.07) is 7.89. The summed E-state index contributed by atoms with van der Waals surface area (Å²) < 4.78 is 0. The summed E-state index contributed by atoms with van der Waals surface area (Å²) >= 11 is 0. The van der Waals surface area contributed by atoms with E-state index in [-0.39, 0.29) is 11.8 Å². The van der Waals surface area contributed by atoms with E-state index in [1.165, 1.54) is 6.42 Å². The second-order valence-corrected chi connectivity index (χ2v) is 5.96. The van der Waals surface area contributed by atoms with E-state index in [1.54, 1.807) is 12.5 Å². The van der Waals surface area contributed by atoms with Crippen molar-refractivity contribution in [3.63, 3.8) is 0 Å². The molecule has 2 N–H and O–H groups in total. The molecule has 102 valence electrons. The third-order valence-electron chi connectivity index (χ3n) is 4.58. The smallest absolute Gasteiger partial charge is 0.227 e. The van der Waals surface area contributed by atoms with E-state index >= 15 is 0 Å². The van der Waals surface area contributed by atoms with E-state index < -0.39 is 0 Å². The maximum absolute atomic E-state index is 12.2. The van der Waals surface area contributed by atoms with E-state index in [2.05, 4.69) is 15.3 Å². The molecule has 4 heteroatoms. The van der Waals surface area contributed by atoms with E-state index in [9.17, 15) is 4.79 Å². The molecule has 20 heavy (non-hydrogen) atoms. The monoisotopic (exact) mass is 267 g/mol. The quantitative estimate of drug-likeness (QED) is 0.898. The van der Waals surface area contributed by atoms with Crippen LogP contribution >= 0.6 is 0 Å². The van der Waals surface area contributed by atoms with Crippen LogP contribution < -0.4 is 5.32 Å². The van der Waals surface area contributed by atoms with Crippen molar-refractivity contribution in [1.82, 2.24) is 9.97 Å². The van der Waals surface area contributed by atoms with Crippen molar-refractivity contribution in [1.29, 1.82) is 0 Å². The molecule has 2 aliphatic rings. The van der Waals surface area contributed by atoms with Crippen LogP contribution in [0.15, 0.2) is 36.8 Å². The number of aromatic nitrogens is 2. The molecule has 1 aromatic heterocycles. The molecular weight excluding hydrogens is 250 g/mol. The number of carbonyl (C=O) groups excluding carboxylic acids is 1. The zero-order valence-corrected chi connectivity index (χ0v) is 11.2. The molecule has 4 nitrogen and oxygen atoms in total. The summed E-state index contributed by atoms with van der Waals surface area (Å²) in [5.41, 5.74) is 2.93.